The number of nitrogens with two attached hydrogens (primary N) is 1. The number of carbonyl (C=O) groups is 4. The number of benzene rings is 2. The summed E-state index contributed by atoms with van der Waals surface area (Å²) in [4.78, 5) is 51.5. The number of hydrogen-bond acceptors (Lipinski definition) is 7. The fourth-order valence-corrected chi connectivity index (χ4v) is 6.21. The van der Waals surface area contributed by atoms with Crippen LogP contribution in [0.25, 0.3) is 0 Å². The molecule has 3 aromatic rings. The lowest BCUT2D eigenvalue weighted by atomic mass is 10.1. The number of unbranched alkanes of at least 4 members (excludes halogenated alkanes) is 2. The molecule has 3 rings (SSSR count). The standard InChI is InChI=1S/C32H34N4O7S/c1-22-8-6-11-27(18-22)35-31(41)25-10-7-9-23(19-25)14-15-24-20-26(21-34-30(24)33)32(42)36-44(43,16-4-2-12-28(37)38)17-5-3-13-29(39)40/h6-11,18-21H,2-5,12-13,16-17H2,1H3,(H2,33,34)(H,35,41)(H,37,38)(H,39,40). The molecule has 5 N–H and O–H groups in total. The SMILES string of the molecule is Cc1cccc(NC(=O)c2cccc(C#Cc3cc(C(=O)N=S(=O)(CCCCC(=O)O)CCCCC(=O)O)cnc3N)c2)c1. The van der Waals surface area contributed by atoms with Crippen molar-refractivity contribution in [2.24, 2.45) is 4.36 Å². The number of carboxylic acids is 2. The summed E-state index contributed by atoms with van der Waals surface area (Å²) in [6, 6.07) is 15.5. The van der Waals surface area contributed by atoms with Crippen LogP contribution in [0, 0.1) is 18.8 Å². The van der Waals surface area contributed by atoms with Gasteiger partial charge in [-0.15, -0.1) is 0 Å². The molecule has 2 aromatic carbocycles. The van der Waals surface area contributed by atoms with Crippen LogP contribution in [-0.2, 0) is 19.3 Å². The van der Waals surface area contributed by atoms with Crippen LogP contribution in [0.4, 0.5) is 11.5 Å². The highest BCUT2D eigenvalue weighted by Crippen LogP contribution is 2.16. The van der Waals surface area contributed by atoms with Crippen LogP contribution in [0.2, 0.25) is 0 Å². The second-order valence-electron chi connectivity index (χ2n) is 10.1. The summed E-state index contributed by atoms with van der Waals surface area (Å²) in [6.45, 7) is 1.93. The van der Waals surface area contributed by atoms with Crippen molar-refractivity contribution in [1.82, 2.24) is 4.98 Å². The molecule has 11 nitrogen and oxygen atoms in total. The van der Waals surface area contributed by atoms with Gasteiger partial charge < -0.3 is 21.3 Å². The Bertz CT molecular complexity index is 1710. The van der Waals surface area contributed by atoms with Crippen LogP contribution in [0.5, 0.6) is 0 Å². The molecule has 0 saturated heterocycles. The molecule has 0 bridgehead atoms. The topological polar surface area (TPSA) is 189 Å². The minimum Gasteiger partial charge on any atom is -0.481 e. The predicted molar refractivity (Wildman–Crippen MR) is 168 cm³/mol. The fraction of sp³-hybridized carbons (Fsp3) is 0.281. The Morgan fingerprint density at radius 2 is 1.55 bits per heavy atom. The van der Waals surface area contributed by atoms with Gasteiger partial charge in [0.1, 0.15) is 5.82 Å². The first-order valence-electron chi connectivity index (χ1n) is 13.9. The van der Waals surface area contributed by atoms with Crippen molar-refractivity contribution in [3.8, 4) is 11.8 Å². The molecule has 0 aliphatic heterocycles. The lowest BCUT2D eigenvalue weighted by Gasteiger charge is -2.10. The van der Waals surface area contributed by atoms with Crippen LogP contribution < -0.4 is 11.1 Å². The lowest BCUT2D eigenvalue weighted by molar-refractivity contribution is -0.138. The van der Waals surface area contributed by atoms with E-state index in [9.17, 15) is 23.4 Å². The van der Waals surface area contributed by atoms with Gasteiger partial charge in [-0.05, 0) is 74.6 Å². The first kappa shape index (κ1) is 33.5. The number of aryl methyl sites for hydroxylation is 1. The number of nitrogens with zero attached hydrogens (tertiary/aromatic N) is 2. The molecule has 0 saturated carbocycles. The number of hydrogen-bond donors (Lipinski definition) is 4. The van der Waals surface area contributed by atoms with Crippen LogP contribution in [0.3, 0.4) is 0 Å². The number of aromatic nitrogens is 1. The first-order valence-corrected chi connectivity index (χ1v) is 15.8. The summed E-state index contributed by atoms with van der Waals surface area (Å²) in [5, 5.41) is 20.6. The number of nitrogens with one attached hydrogen (secondary N) is 1. The number of amides is 2. The normalized spacial score (nSPS) is 10.8. The van der Waals surface area contributed by atoms with Gasteiger partial charge in [0, 0.05) is 47.4 Å². The molecule has 0 unspecified atom stereocenters. The van der Waals surface area contributed by atoms with E-state index < -0.39 is 27.6 Å². The highest BCUT2D eigenvalue weighted by atomic mass is 32.2. The number of pyridine rings is 1. The number of rotatable bonds is 13. The van der Waals surface area contributed by atoms with Crippen molar-refractivity contribution in [3.63, 3.8) is 0 Å². The van der Waals surface area contributed by atoms with Gasteiger partial charge in [-0.2, -0.15) is 4.36 Å². The second-order valence-corrected chi connectivity index (χ2v) is 12.6. The molecule has 1 aromatic heterocycles. The zero-order valence-electron chi connectivity index (χ0n) is 24.2. The van der Waals surface area contributed by atoms with Gasteiger partial charge in [0.2, 0.25) is 0 Å². The highest BCUT2D eigenvalue weighted by molar-refractivity contribution is 7.93. The van der Waals surface area contributed by atoms with E-state index in [0.29, 0.717) is 16.8 Å². The van der Waals surface area contributed by atoms with E-state index in [1.165, 1.54) is 12.3 Å². The Kier molecular flexibility index (Phi) is 12.2. The zero-order chi connectivity index (χ0) is 32.1. The van der Waals surface area contributed by atoms with E-state index in [1.807, 2.05) is 25.1 Å². The molecule has 0 atom stereocenters. The van der Waals surface area contributed by atoms with Crippen molar-refractivity contribution in [2.75, 3.05) is 22.6 Å². The Hall–Kier alpha value is -5.02. The number of aliphatic carboxylic acids is 2. The second kappa shape index (κ2) is 16.0. The fourth-order valence-electron chi connectivity index (χ4n) is 4.10. The Morgan fingerprint density at radius 3 is 2.18 bits per heavy atom. The summed E-state index contributed by atoms with van der Waals surface area (Å²) in [7, 11) is -3.09. The molecule has 44 heavy (non-hydrogen) atoms. The summed E-state index contributed by atoms with van der Waals surface area (Å²) in [6.07, 6.45) is 2.09. The summed E-state index contributed by atoms with van der Waals surface area (Å²) < 4.78 is 17.5. The summed E-state index contributed by atoms with van der Waals surface area (Å²) in [5.74, 6) is 2.80. The average Bonchev–Trinajstić information content (AvgIpc) is 2.97. The monoisotopic (exact) mass is 618 g/mol. The minimum atomic E-state index is -3.09. The molecule has 1 heterocycles. The predicted octanol–water partition coefficient (Wildman–Crippen LogP) is 4.74. The van der Waals surface area contributed by atoms with Crippen molar-refractivity contribution in [2.45, 2.75) is 45.4 Å². The van der Waals surface area contributed by atoms with Gasteiger partial charge in [-0.25, -0.2) is 9.19 Å². The minimum absolute atomic E-state index is 0.00194. The molecule has 0 aliphatic rings. The quantitative estimate of drug-likeness (QED) is 0.155. The van der Waals surface area contributed by atoms with E-state index in [-0.39, 0.29) is 72.9 Å². The lowest BCUT2D eigenvalue weighted by Crippen LogP contribution is -2.15. The molecule has 2 amide bonds. The number of carbonyl (C=O) groups excluding carboxylic acids is 2. The van der Waals surface area contributed by atoms with Gasteiger partial charge in [-0.1, -0.05) is 30.0 Å². The maximum Gasteiger partial charge on any atom is 0.303 e. The highest BCUT2D eigenvalue weighted by Gasteiger charge is 2.16. The maximum absolute atomic E-state index is 13.6. The van der Waals surface area contributed by atoms with Crippen LogP contribution in [0.15, 0.2) is 65.2 Å². The summed E-state index contributed by atoms with van der Waals surface area (Å²) in [5.41, 5.74) is 8.84. The van der Waals surface area contributed by atoms with Crippen LogP contribution in [0.1, 0.15) is 75.9 Å². The molecular weight excluding hydrogens is 584 g/mol. The van der Waals surface area contributed by atoms with Crippen molar-refractivity contribution in [1.29, 1.82) is 0 Å². The molecule has 0 aliphatic carbocycles. The molecule has 0 spiro atoms. The zero-order valence-corrected chi connectivity index (χ0v) is 25.1. The third kappa shape index (κ3) is 11.0. The van der Waals surface area contributed by atoms with Gasteiger partial charge in [0.15, 0.2) is 0 Å². The van der Waals surface area contributed by atoms with E-state index in [4.69, 9.17) is 15.9 Å². The number of carboxylic acid groups (broad SMARTS) is 2. The molecular formula is C32H34N4O7S. The van der Waals surface area contributed by atoms with Crippen molar-refractivity contribution >= 4 is 45.0 Å². The van der Waals surface area contributed by atoms with Gasteiger partial charge >= 0.3 is 11.9 Å². The number of anilines is 2. The third-order valence-corrected chi connectivity index (χ3v) is 8.72. The molecule has 12 heteroatoms. The number of nitrogen functional groups attached to an aromatic ring is 1. The Labute approximate surface area is 256 Å². The molecule has 230 valence electrons. The van der Waals surface area contributed by atoms with E-state index in [2.05, 4.69) is 26.5 Å². The Morgan fingerprint density at radius 1 is 0.886 bits per heavy atom. The van der Waals surface area contributed by atoms with E-state index in [0.717, 1.165) is 5.56 Å². The molecule has 0 fully saturated rings. The first-order chi connectivity index (χ1) is 20.9. The maximum atomic E-state index is 13.6. The Balaban J connectivity index is 1.80. The van der Waals surface area contributed by atoms with Crippen LogP contribution in [-0.4, -0.2) is 54.7 Å². The van der Waals surface area contributed by atoms with E-state index in [1.54, 1.807) is 30.3 Å². The van der Waals surface area contributed by atoms with Gasteiger partial charge in [-0.3, -0.25) is 19.2 Å². The van der Waals surface area contributed by atoms with E-state index >= 15 is 0 Å². The largest absolute Gasteiger partial charge is 0.481 e. The van der Waals surface area contributed by atoms with Crippen molar-refractivity contribution < 1.29 is 33.6 Å². The third-order valence-electron chi connectivity index (χ3n) is 6.36. The van der Waals surface area contributed by atoms with Gasteiger partial charge in [0.05, 0.1) is 20.9 Å². The van der Waals surface area contributed by atoms with Gasteiger partial charge in [0.25, 0.3) is 11.8 Å². The van der Waals surface area contributed by atoms with Crippen molar-refractivity contribution in [3.05, 3.63) is 88.6 Å². The van der Waals surface area contributed by atoms with Crippen LogP contribution >= 0.6 is 0 Å². The average molecular weight is 619 g/mol. The molecule has 0 radical (unpaired) electrons. The smallest absolute Gasteiger partial charge is 0.303 e. The summed E-state index contributed by atoms with van der Waals surface area (Å²) >= 11 is 0.